The van der Waals surface area contributed by atoms with Gasteiger partial charge in [-0.3, -0.25) is 9.69 Å². The number of nitrogens with zero attached hydrogens (tertiary/aromatic N) is 5. The lowest BCUT2D eigenvalue weighted by Gasteiger charge is -2.33. The molecule has 0 radical (unpaired) electrons. The van der Waals surface area contributed by atoms with Crippen LogP contribution in [0.3, 0.4) is 0 Å². The number of hydrogen-bond donors (Lipinski definition) is 1. The standard InChI is InChI=1S/C29H38N6O3/c1-7-26(27-31-32-33-35(27)29(4,5)8-2)34(18-20-10-12-23(37-6)13-11-20)19-22-16-21-17-24(38-9-3)14-15-25(21)30-28(22)36/h10-17,26H,7-9,18-19H2,1-6H3,(H,30,36)/t26-/m1/s1. The summed E-state index contributed by atoms with van der Waals surface area (Å²) in [5.74, 6) is 2.38. The maximum absolute atomic E-state index is 13.2. The van der Waals surface area contributed by atoms with Crippen LogP contribution in [0.2, 0.25) is 0 Å². The molecule has 1 atom stereocenters. The molecule has 0 saturated heterocycles. The minimum Gasteiger partial charge on any atom is -0.497 e. The molecule has 2 heterocycles. The van der Waals surface area contributed by atoms with Crippen LogP contribution in [-0.4, -0.2) is 43.8 Å². The minimum atomic E-state index is -0.242. The number of H-pyrrole nitrogens is 1. The fraction of sp³-hybridized carbons (Fsp3) is 0.448. The Hall–Kier alpha value is -3.72. The van der Waals surface area contributed by atoms with E-state index in [-0.39, 0.29) is 17.1 Å². The molecule has 0 bridgehead atoms. The number of aromatic nitrogens is 5. The van der Waals surface area contributed by atoms with Crippen LogP contribution in [0.4, 0.5) is 0 Å². The highest BCUT2D eigenvalue weighted by atomic mass is 16.5. The summed E-state index contributed by atoms with van der Waals surface area (Å²) in [5.41, 5.74) is 2.21. The maximum atomic E-state index is 13.2. The molecule has 0 aliphatic carbocycles. The second kappa shape index (κ2) is 11.8. The van der Waals surface area contributed by atoms with Crippen molar-refractivity contribution >= 4 is 10.9 Å². The normalized spacial score (nSPS) is 12.7. The number of tetrazole rings is 1. The Morgan fingerprint density at radius 1 is 1.03 bits per heavy atom. The predicted octanol–water partition coefficient (Wildman–Crippen LogP) is 5.22. The van der Waals surface area contributed by atoms with Gasteiger partial charge in [0.15, 0.2) is 5.82 Å². The molecule has 0 saturated carbocycles. The third-order valence-corrected chi connectivity index (χ3v) is 7.18. The zero-order chi connectivity index (χ0) is 27.3. The van der Waals surface area contributed by atoms with Crippen molar-refractivity contribution in [3.8, 4) is 11.5 Å². The summed E-state index contributed by atoms with van der Waals surface area (Å²) in [6.45, 7) is 12.1. The molecule has 0 aliphatic heterocycles. The van der Waals surface area contributed by atoms with Gasteiger partial charge in [0, 0.05) is 29.6 Å². The number of rotatable bonds is 12. The Morgan fingerprint density at radius 3 is 2.42 bits per heavy atom. The first kappa shape index (κ1) is 27.3. The maximum Gasteiger partial charge on any atom is 0.252 e. The first-order chi connectivity index (χ1) is 18.3. The van der Waals surface area contributed by atoms with Gasteiger partial charge in [0.05, 0.1) is 25.3 Å². The number of fused-ring (bicyclic) bond motifs is 1. The molecule has 0 amide bonds. The van der Waals surface area contributed by atoms with E-state index in [4.69, 9.17) is 9.47 Å². The van der Waals surface area contributed by atoms with Crippen molar-refractivity contribution in [2.75, 3.05) is 13.7 Å². The molecular formula is C29H38N6O3. The Labute approximate surface area is 223 Å². The van der Waals surface area contributed by atoms with Crippen molar-refractivity contribution in [2.24, 2.45) is 0 Å². The molecule has 38 heavy (non-hydrogen) atoms. The zero-order valence-corrected chi connectivity index (χ0v) is 23.2. The fourth-order valence-corrected chi connectivity index (χ4v) is 4.65. The van der Waals surface area contributed by atoms with Gasteiger partial charge in [-0.25, -0.2) is 4.68 Å². The number of methoxy groups -OCH3 is 1. The van der Waals surface area contributed by atoms with Crippen molar-refractivity contribution < 1.29 is 9.47 Å². The van der Waals surface area contributed by atoms with E-state index < -0.39 is 0 Å². The van der Waals surface area contributed by atoms with Gasteiger partial charge >= 0.3 is 0 Å². The van der Waals surface area contributed by atoms with Gasteiger partial charge in [-0.15, -0.1) is 5.10 Å². The van der Waals surface area contributed by atoms with Crippen molar-refractivity contribution in [3.63, 3.8) is 0 Å². The number of pyridine rings is 1. The molecule has 0 unspecified atom stereocenters. The van der Waals surface area contributed by atoms with Crippen molar-refractivity contribution in [1.82, 2.24) is 30.1 Å². The molecule has 1 N–H and O–H groups in total. The van der Waals surface area contributed by atoms with Crippen molar-refractivity contribution in [1.29, 1.82) is 0 Å². The summed E-state index contributed by atoms with van der Waals surface area (Å²) in [7, 11) is 1.66. The highest BCUT2D eigenvalue weighted by molar-refractivity contribution is 5.80. The molecule has 0 fully saturated rings. The van der Waals surface area contributed by atoms with E-state index >= 15 is 0 Å². The molecule has 0 spiro atoms. The summed E-state index contributed by atoms with van der Waals surface area (Å²) in [6, 6.07) is 15.6. The summed E-state index contributed by atoms with van der Waals surface area (Å²) in [5, 5.41) is 13.8. The van der Waals surface area contributed by atoms with Gasteiger partial charge < -0.3 is 14.5 Å². The number of hydrogen-bond acceptors (Lipinski definition) is 7. The van der Waals surface area contributed by atoms with E-state index in [9.17, 15) is 4.79 Å². The van der Waals surface area contributed by atoms with Gasteiger partial charge in [-0.05, 0) is 86.0 Å². The average molecular weight is 519 g/mol. The van der Waals surface area contributed by atoms with Gasteiger partial charge in [-0.1, -0.05) is 26.0 Å². The van der Waals surface area contributed by atoms with E-state index in [0.29, 0.717) is 25.3 Å². The number of ether oxygens (including phenoxy) is 2. The first-order valence-electron chi connectivity index (χ1n) is 13.2. The van der Waals surface area contributed by atoms with E-state index in [2.05, 4.69) is 65.2 Å². The summed E-state index contributed by atoms with van der Waals surface area (Å²) in [4.78, 5) is 18.5. The molecule has 9 heteroatoms. The predicted molar refractivity (Wildman–Crippen MR) is 148 cm³/mol. The van der Waals surface area contributed by atoms with Crippen LogP contribution in [0, 0.1) is 0 Å². The fourth-order valence-electron chi connectivity index (χ4n) is 4.65. The monoisotopic (exact) mass is 518 g/mol. The van der Waals surface area contributed by atoms with Crippen LogP contribution in [-0.2, 0) is 18.6 Å². The highest BCUT2D eigenvalue weighted by Gasteiger charge is 2.31. The van der Waals surface area contributed by atoms with Crippen LogP contribution in [0.1, 0.15) is 70.5 Å². The Bertz CT molecular complexity index is 1410. The Balaban J connectivity index is 1.76. The lowest BCUT2D eigenvalue weighted by molar-refractivity contribution is 0.150. The van der Waals surface area contributed by atoms with E-state index in [1.807, 2.05) is 48.0 Å². The third-order valence-electron chi connectivity index (χ3n) is 7.18. The molecule has 9 nitrogen and oxygen atoms in total. The second-order valence-electron chi connectivity index (χ2n) is 10.1. The first-order valence-corrected chi connectivity index (χ1v) is 13.2. The van der Waals surface area contributed by atoms with Crippen LogP contribution < -0.4 is 15.0 Å². The Kier molecular flexibility index (Phi) is 8.46. The van der Waals surface area contributed by atoms with E-state index in [0.717, 1.165) is 46.6 Å². The lowest BCUT2D eigenvalue weighted by Crippen LogP contribution is -2.36. The average Bonchev–Trinajstić information content (AvgIpc) is 3.41. The quantitative estimate of drug-likeness (QED) is 0.275. The molecular weight excluding hydrogens is 480 g/mol. The topological polar surface area (TPSA) is 98.2 Å². The van der Waals surface area contributed by atoms with Gasteiger partial charge in [-0.2, -0.15) is 0 Å². The molecule has 2 aromatic carbocycles. The minimum absolute atomic E-state index is 0.107. The van der Waals surface area contributed by atoms with Crippen LogP contribution in [0.25, 0.3) is 10.9 Å². The molecule has 0 aliphatic rings. The molecule has 4 rings (SSSR count). The number of nitrogens with one attached hydrogen (secondary N) is 1. The molecule has 2 aromatic heterocycles. The van der Waals surface area contributed by atoms with E-state index in [1.165, 1.54) is 0 Å². The zero-order valence-electron chi connectivity index (χ0n) is 23.2. The highest BCUT2D eigenvalue weighted by Crippen LogP contribution is 2.30. The number of aromatic amines is 1. The van der Waals surface area contributed by atoms with Crippen molar-refractivity contribution in [3.05, 3.63) is 75.8 Å². The SMILES string of the molecule is CCOc1ccc2[nH]c(=O)c(CN(Cc3ccc(OC)cc3)[C@H](CC)c3nnnn3C(C)(C)CC)cc2c1. The van der Waals surface area contributed by atoms with Crippen LogP contribution in [0.5, 0.6) is 11.5 Å². The Morgan fingerprint density at radius 2 is 1.76 bits per heavy atom. The summed E-state index contributed by atoms with van der Waals surface area (Å²) in [6.07, 6.45) is 1.66. The smallest absolute Gasteiger partial charge is 0.252 e. The third kappa shape index (κ3) is 5.88. The second-order valence-corrected chi connectivity index (χ2v) is 10.1. The summed E-state index contributed by atoms with van der Waals surface area (Å²) >= 11 is 0. The molecule has 4 aromatic rings. The van der Waals surface area contributed by atoms with Gasteiger partial charge in [0.2, 0.25) is 0 Å². The van der Waals surface area contributed by atoms with Crippen LogP contribution >= 0.6 is 0 Å². The number of benzene rings is 2. The largest absolute Gasteiger partial charge is 0.497 e. The van der Waals surface area contributed by atoms with E-state index in [1.54, 1.807) is 7.11 Å². The lowest BCUT2D eigenvalue weighted by atomic mass is 10.0. The van der Waals surface area contributed by atoms with Crippen molar-refractivity contribution in [2.45, 2.75) is 72.1 Å². The molecule has 202 valence electrons. The van der Waals surface area contributed by atoms with Crippen LogP contribution in [0.15, 0.2) is 53.3 Å². The van der Waals surface area contributed by atoms with Gasteiger partial charge in [0.25, 0.3) is 5.56 Å². The summed E-state index contributed by atoms with van der Waals surface area (Å²) < 4.78 is 13.0. The van der Waals surface area contributed by atoms with Gasteiger partial charge in [0.1, 0.15) is 11.5 Å².